The molecule has 1 aromatic heterocycles. The maximum Gasteiger partial charge on any atom is 0.356 e. The minimum absolute atomic E-state index is 0.179. The van der Waals surface area contributed by atoms with Crippen molar-refractivity contribution in [1.29, 1.82) is 0 Å². The summed E-state index contributed by atoms with van der Waals surface area (Å²) >= 11 is 11.8. The highest BCUT2D eigenvalue weighted by atomic mass is 35.5. The van der Waals surface area contributed by atoms with Gasteiger partial charge in [0.2, 0.25) is 0 Å². The van der Waals surface area contributed by atoms with Gasteiger partial charge in [0.05, 0.1) is 12.8 Å². The molecule has 92 valence electrons. The standard InChI is InChI=1S/C12H8Cl2N2O2/c1-18-12(17)11-5-10(15-6-16-11)7-2-8(13)4-9(14)3-7/h2-6H,1H3. The number of nitrogens with zero attached hydrogens (tertiary/aromatic N) is 2. The summed E-state index contributed by atoms with van der Waals surface area (Å²) < 4.78 is 4.59. The summed E-state index contributed by atoms with van der Waals surface area (Å²) in [5.74, 6) is -0.522. The second-order valence-electron chi connectivity index (χ2n) is 3.44. The molecule has 0 radical (unpaired) electrons. The first-order chi connectivity index (χ1) is 8.60. The van der Waals surface area contributed by atoms with E-state index in [1.807, 2.05) is 0 Å². The van der Waals surface area contributed by atoms with Gasteiger partial charge in [-0.05, 0) is 24.3 Å². The zero-order chi connectivity index (χ0) is 13.1. The van der Waals surface area contributed by atoms with Crippen molar-refractivity contribution in [3.8, 4) is 11.3 Å². The molecule has 4 nitrogen and oxygen atoms in total. The molecule has 2 aromatic rings. The molecule has 0 N–H and O–H groups in total. The quantitative estimate of drug-likeness (QED) is 0.794. The average Bonchev–Trinajstić information content (AvgIpc) is 2.37. The van der Waals surface area contributed by atoms with Gasteiger partial charge in [-0.25, -0.2) is 14.8 Å². The Morgan fingerprint density at radius 3 is 2.39 bits per heavy atom. The Bertz CT molecular complexity index is 582. The predicted molar refractivity (Wildman–Crippen MR) is 68.8 cm³/mol. The molecule has 0 atom stereocenters. The van der Waals surface area contributed by atoms with Crippen LogP contribution in [0.5, 0.6) is 0 Å². The van der Waals surface area contributed by atoms with Crippen LogP contribution in [-0.2, 0) is 4.74 Å². The first-order valence-electron chi connectivity index (χ1n) is 4.97. The third-order valence-electron chi connectivity index (χ3n) is 2.22. The van der Waals surface area contributed by atoms with Crippen LogP contribution in [0, 0.1) is 0 Å². The number of methoxy groups -OCH3 is 1. The molecule has 1 heterocycles. The highest BCUT2D eigenvalue weighted by molar-refractivity contribution is 6.35. The normalized spacial score (nSPS) is 10.2. The van der Waals surface area contributed by atoms with E-state index in [4.69, 9.17) is 23.2 Å². The lowest BCUT2D eigenvalue weighted by atomic mass is 10.1. The minimum Gasteiger partial charge on any atom is -0.464 e. The molecule has 6 heteroatoms. The number of carbonyl (C=O) groups excluding carboxylic acids is 1. The molecule has 0 fully saturated rings. The maximum absolute atomic E-state index is 11.4. The lowest BCUT2D eigenvalue weighted by molar-refractivity contribution is 0.0594. The van der Waals surface area contributed by atoms with Gasteiger partial charge in [0, 0.05) is 15.6 Å². The van der Waals surface area contributed by atoms with Gasteiger partial charge in [0.15, 0.2) is 5.69 Å². The van der Waals surface area contributed by atoms with E-state index >= 15 is 0 Å². The van der Waals surface area contributed by atoms with Crippen LogP contribution in [-0.4, -0.2) is 23.0 Å². The molecule has 0 spiro atoms. The molecular formula is C12H8Cl2N2O2. The maximum atomic E-state index is 11.4. The van der Waals surface area contributed by atoms with Gasteiger partial charge in [0.1, 0.15) is 6.33 Å². The van der Waals surface area contributed by atoms with Crippen molar-refractivity contribution in [3.63, 3.8) is 0 Å². The Hall–Kier alpha value is -1.65. The fraction of sp³-hybridized carbons (Fsp3) is 0.0833. The fourth-order valence-electron chi connectivity index (χ4n) is 1.43. The van der Waals surface area contributed by atoms with Crippen LogP contribution in [0.4, 0.5) is 0 Å². The zero-order valence-corrected chi connectivity index (χ0v) is 10.9. The van der Waals surface area contributed by atoms with E-state index in [0.29, 0.717) is 21.3 Å². The highest BCUT2D eigenvalue weighted by Crippen LogP contribution is 2.26. The number of carbonyl (C=O) groups is 1. The average molecular weight is 283 g/mol. The van der Waals surface area contributed by atoms with Crippen LogP contribution >= 0.6 is 23.2 Å². The van der Waals surface area contributed by atoms with E-state index in [-0.39, 0.29) is 5.69 Å². The van der Waals surface area contributed by atoms with Gasteiger partial charge in [-0.1, -0.05) is 23.2 Å². The van der Waals surface area contributed by atoms with Crippen molar-refractivity contribution in [1.82, 2.24) is 9.97 Å². The second-order valence-corrected chi connectivity index (χ2v) is 4.31. The molecule has 0 bridgehead atoms. The van der Waals surface area contributed by atoms with Crippen LogP contribution < -0.4 is 0 Å². The third-order valence-corrected chi connectivity index (χ3v) is 2.66. The van der Waals surface area contributed by atoms with Crippen molar-refractivity contribution in [3.05, 3.63) is 46.3 Å². The number of ether oxygens (including phenoxy) is 1. The number of hydrogen-bond donors (Lipinski definition) is 0. The number of halogens is 2. The molecule has 0 unspecified atom stereocenters. The number of benzene rings is 1. The first kappa shape index (κ1) is 12.8. The zero-order valence-electron chi connectivity index (χ0n) is 9.35. The topological polar surface area (TPSA) is 52.1 Å². The van der Waals surface area contributed by atoms with Gasteiger partial charge in [0.25, 0.3) is 0 Å². The van der Waals surface area contributed by atoms with Crippen LogP contribution in [0.25, 0.3) is 11.3 Å². The highest BCUT2D eigenvalue weighted by Gasteiger charge is 2.10. The summed E-state index contributed by atoms with van der Waals surface area (Å²) in [6, 6.07) is 6.55. The summed E-state index contributed by atoms with van der Waals surface area (Å²) in [6.45, 7) is 0. The Morgan fingerprint density at radius 1 is 1.11 bits per heavy atom. The van der Waals surface area contributed by atoms with Crippen molar-refractivity contribution in [2.45, 2.75) is 0 Å². The Balaban J connectivity index is 2.47. The van der Waals surface area contributed by atoms with Gasteiger partial charge < -0.3 is 4.74 Å². The molecule has 0 aliphatic rings. The van der Waals surface area contributed by atoms with Crippen molar-refractivity contribution in [2.24, 2.45) is 0 Å². The van der Waals surface area contributed by atoms with Gasteiger partial charge >= 0.3 is 5.97 Å². The number of hydrogen-bond acceptors (Lipinski definition) is 4. The van der Waals surface area contributed by atoms with Gasteiger partial charge in [-0.15, -0.1) is 0 Å². The molecule has 0 amide bonds. The van der Waals surface area contributed by atoms with E-state index in [0.717, 1.165) is 0 Å². The van der Waals surface area contributed by atoms with Crippen LogP contribution in [0.1, 0.15) is 10.5 Å². The third kappa shape index (κ3) is 2.78. The summed E-state index contributed by atoms with van der Waals surface area (Å²) in [6.07, 6.45) is 1.29. The molecule has 0 saturated carbocycles. The lowest BCUT2D eigenvalue weighted by Gasteiger charge is -2.04. The molecule has 18 heavy (non-hydrogen) atoms. The molecule has 2 rings (SSSR count). The number of esters is 1. The van der Waals surface area contributed by atoms with E-state index in [2.05, 4.69) is 14.7 Å². The van der Waals surface area contributed by atoms with E-state index in [9.17, 15) is 4.79 Å². The van der Waals surface area contributed by atoms with E-state index < -0.39 is 5.97 Å². The summed E-state index contributed by atoms with van der Waals surface area (Å²) in [5.41, 5.74) is 1.44. The van der Waals surface area contributed by atoms with Crippen LogP contribution in [0.3, 0.4) is 0 Å². The van der Waals surface area contributed by atoms with E-state index in [1.54, 1.807) is 18.2 Å². The second kappa shape index (κ2) is 5.33. The van der Waals surface area contributed by atoms with Gasteiger partial charge in [-0.2, -0.15) is 0 Å². The SMILES string of the molecule is COC(=O)c1cc(-c2cc(Cl)cc(Cl)c2)ncn1. The molecule has 0 aliphatic heterocycles. The van der Waals surface area contributed by atoms with E-state index in [1.165, 1.54) is 19.5 Å². The predicted octanol–water partition coefficient (Wildman–Crippen LogP) is 3.24. The monoisotopic (exact) mass is 282 g/mol. The minimum atomic E-state index is -0.522. The molecule has 0 aliphatic carbocycles. The first-order valence-corrected chi connectivity index (χ1v) is 5.72. The summed E-state index contributed by atoms with van der Waals surface area (Å²) in [7, 11) is 1.29. The van der Waals surface area contributed by atoms with Crippen LogP contribution in [0.15, 0.2) is 30.6 Å². The van der Waals surface area contributed by atoms with Crippen LogP contribution in [0.2, 0.25) is 10.0 Å². The van der Waals surface area contributed by atoms with Crippen molar-refractivity contribution < 1.29 is 9.53 Å². The van der Waals surface area contributed by atoms with Gasteiger partial charge in [-0.3, -0.25) is 0 Å². The Labute approximate surface area is 114 Å². The van der Waals surface area contributed by atoms with Crippen molar-refractivity contribution in [2.75, 3.05) is 7.11 Å². The fourth-order valence-corrected chi connectivity index (χ4v) is 1.96. The molecule has 1 aromatic carbocycles. The lowest BCUT2D eigenvalue weighted by Crippen LogP contribution is -2.04. The number of rotatable bonds is 2. The number of aromatic nitrogens is 2. The summed E-state index contributed by atoms with van der Waals surface area (Å²) in [4.78, 5) is 19.3. The van der Waals surface area contributed by atoms with Crippen molar-refractivity contribution >= 4 is 29.2 Å². The Kier molecular flexibility index (Phi) is 3.79. The Morgan fingerprint density at radius 2 is 1.78 bits per heavy atom. The molecular weight excluding hydrogens is 275 g/mol. The smallest absolute Gasteiger partial charge is 0.356 e. The summed E-state index contributed by atoms with van der Waals surface area (Å²) in [5, 5.41) is 0.992. The molecule has 0 saturated heterocycles. The largest absolute Gasteiger partial charge is 0.464 e.